The minimum absolute atomic E-state index is 0.0168. The fraction of sp³-hybridized carbons (Fsp3) is 0.211. The average molecular weight is 424 g/mol. The average Bonchev–Trinajstić information content (AvgIpc) is 2.67. The van der Waals surface area contributed by atoms with Crippen molar-refractivity contribution in [1.82, 2.24) is 5.32 Å². The zero-order valence-corrected chi connectivity index (χ0v) is 16.3. The summed E-state index contributed by atoms with van der Waals surface area (Å²) in [5.41, 5.74) is 6.34. The predicted molar refractivity (Wildman–Crippen MR) is 107 cm³/mol. The van der Waals surface area contributed by atoms with E-state index in [1.165, 1.54) is 12.1 Å². The second kappa shape index (κ2) is 10.5. The lowest BCUT2D eigenvalue weighted by atomic mass is 10.1. The van der Waals surface area contributed by atoms with Crippen LogP contribution in [0.2, 0.25) is 10.0 Å². The Bertz CT molecular complexity index is 846. The van der Waals surface area contributed by atoms with Crippen LogP contribution < -0.4 is 16.4 Å². The summed E-state index contributed by atoms with van der Waals surface area (Å²) in [6, 6.07) is 12.6. The molecule has 2 aromatic rings. The van der Waals surface area contributed by atoms with E-state index in [-0.39, 0.29) is 24.5 Å². The van der Waals surface area contributed by atoms with Crippen molar-refractivity contribution in [3.05, 3.63) is 64.1 Å². The molecule has 2 rings (SSSR count). The van der Waals surface area contributed by atoms with Crippen molar-refractivity contribution in [2.24, 2.45) is 5.73 Å². The van der Waals surface area contributed by atoms with Gasteiger partial charge >= 0.3 is 6.09 Å². The number of ether oxygens (including phenoxy) is 1. The highest BCUT2D eigenvalue weighted by molar-refractivity contribution is 6.42. The lowest BCUT2D eigenvalue weighted by Crippen LogP contribution is -2.44. The molecule has 0 aromatic heterocycles. The molecule has 3 amide bonds. The van der Waals surface area contributed by atoms with E-state index in [0.717, 1.165) is 5.56 Å². The van der Waals surface area contributed by atoms with E-state index in [4.69, 9.17) is 33.7 Å². The Balaban J connectivity index is 1.98. The maximum Gasteiger partial charge on any atom is 0.408 e. The molecule has 1 atom stereocenters. The van der Waals surface area contributed by atoms with Gasteiger partial charge in [-0.25, -0.2) is 4.79 Å². The van der Waals surface area contributed by atoms with Gasteiger partial charge < -0.3 is 21.1 Å². The third-order valence-corrected chi connectivity index (χ3v) is 4.43. The van der Waals surface area contributed by atoms with E-state index in [1.807, 2.05) is 18.2 Å². The second-order valence-electron chi connectivity index (χ2n) is 5.88. The number of amides is 3. The summed E-state index contributed by atoms with van der Waals surface area (Å²) in [7, 11) is 0. The first-order valence-corrected chi connectivity index (χ1v) is 9.12. The van der Waals surface area contributed by atoms with E-state index < -0.39 is 23.9 Å². The van der Waals surface area contributed by atoms with Gasteiger partial charge in [0.2, 0.25) is 11.8 Å². The highest BCUT2D eigenvalue weighted by atomic mass is 35.5. The van der Waals surface area contributed by atoms with Gasteiger partial charge in [0.05, 0.1) is 10.0 Å². The monoisotopic (exact) mass is 423 g/mol. The molecule has 0 aliphatic rings. The molecule has 0 radical (unpaired) electrons. The summed E-state index contributed by atoms with van der Waals surface area (Å²) in [6.45, 7) is 0.0453. The predicted octanol–water partition coefficient (Wildman–Crippen LogP) is 3.49. The fourth-order valence-corrected chi connectivity index (χ4v) is 2.56. The molecule has 0 saturated heterocycles. The van der Waals surface area contributed by atoms with Crippen LogP contribution in [0.4, 0.5) is 10.5 Å². The molecule has 0 spiro atoms. The smallest absolute Gasteiger partial charge is 0.408 e. The highest BCUT2D eigenvalue weighted by Crippen LogP contribution is 2.25. The molecular formula is C19H19Cl2N3O4. The van der Waals surface area contributed by atoms with E-state index in [0.29, 0.717) is 10.7 Å². The van der Waals surface area contributed by atoms with E-state index in [2.05, 4.69) is 10.6 Å². The third-order valence-electron chi connectivity index (χ3n) is 3.69. The number of carbonyl (C=O) groups excluding carboxylic acids is 3. The van der Waals surface area contributed by atoms with Crippen LogP contribution in [-0.4, -0.2) is 23.9 Å². The number of nitrogens with two attached hydrogens (primary N) is 1. The molecule has 0 saturated carbocycles. The molecule has 0 bridgehead atoms. The molecule has 0 heterocycles. The summed E-state index contributed by atoms with van der Waals surface area (Å²) in [5.74, 6) is -1.14. The Hall–Kier alpha value is -2.77. The van der Waals surface area contributed by atoms with Gasteiger partial charge in [-0.15, -0.1) is 0 Å². The van der Waals surface area contributed by atoms with Gasteiger partial charge in [-0.05, 0) is 30.2 Å². The van der Waals surface area contributed by atoms with Crippen LogP contribution in [0.1, 0.15) is 18.4 Å². The van der Waals surface area contributed by atoms with Crippen molar-refractivity contribution >= 4 is 46.8 Å². The summed E-state index contributed by atoms with van der Waals surface area (Å²) in [5, 5.41) is 5.66. The molecule has 7 nitrogen and oxygen atoms in total. The minimum atomic E-state index is -1.02. The van der Waals surface area contributed by atoms with Crippen molar-refractivity contribution in [1.29, 1.82) is 0 Å². The van der Waals surface area contributed by atoms with Crippen molar-refractivity contribution < 1.29 is 19.1 Å². The Labute approximate surface area is 172 Å². The largest absolute Gasteiger partial charge is 0.445 e. The molecule has 28 heavy (non-hydrogen) atoms. The summed E-state index contributed by atoms with van der Waals surface area (Å²) in [6.07, 6.45) is -0.857. The van der Waals surface area contributed by atoms with Crippen LogP contribution in [-0.2, 0) is 20.9 Å². The number of alkyl carbamates (subject to hydrolysis) is 1. The Morgan fingerprint density at radius 2 is 1.75 bits per heavy atom. The topological polar surface area (TPSA) is 111 Å². The summed E-state index contributed by atoms with van der Waals surface area (Å²) >= 11 is 11.8. The lowest BCUT2D eigenvalue weighted by Gasteiger charge is -2.18. The van der Waals surface area contributed by atoms with Crippen molar-refractivity contribution in [3.8, 4) is 0 Å². The number of carbonyl (C=O) groups is 3. The van der Waals surface area contributed by atoms with Gasteiger partial charge in [0.1, 0.15) is 12.6 Å². The van der Waals surface area contributed by atoms with E-state index >= 15 is 0 Å². The lowest BCUT2D eigenvalue weighted by molar-refractivity contribution is -0.119. The van der Waals surface area contributed by atoms with Crippen LogP contribution in [0.15, 0.2) is 48.5 Å². The Kier molecular flexibility index (Phi) is 8.10. The molecule has 148 valence electrons. The zero-order valence-electron chi connectivity index (χ0n) is 14.8. The highest BCUT2D eigenvalue weighted by Gasteiger charge is 2.22. The number of benzene rings is 2. The molecule has 0 aliphatic heterocycles. The maximum absolute atomic E-state index is 12.5. The molecule has 0 unspecified atom stereocenters. The van der Waals surface area contributed by atoms with E-state index in [1.54, 1.807) is 18.2 Å². The number of hydrogen-bond donors (Lipinski definition) is 3. The number of anilines is 1. The Morgan fingerprint density at radius 1 is 1.04 bits per heavy atom. The van der Waals surface area contributed by atoms with Crippen molar-refractivity contribution in [2.45, 2.75) is 25.5 Å². The minimum Gasteiger partial charge on any atom is -0.445 e. The zero-order chi connectivity index (χ0) is 20.5. The Morgan fingerprint density at radius 3 is 2.39 bits per heavy atom. The summed E-state index contributed by atoms with van der Waals surface area (Å²) < 4.78 is 5.12. The molecule has 9 heteroatoms. The standard InChI is InChI=1S/C19H19Cl2N3O4/c20-14-7-6-13(10-15(14)21)23-18(26)16(8-9-17(22)25)24-19(27)28-11-12-4-2-1-3-5-12/h1-7,10,16H,8-9,11H2,(H2,22,25)(H,23,26)(H,24,27)/t16-/m0/s1. The molecule has 0 aliphatic carbocycles. The normalized spacial score (nSPS) is 11.4. The van der Waals surface area contributed by atoms with Gasteiger partial charge in [-0.2, -0.15) is 0 Å². The molecule has 4 N–H and O–H groups in total. The molecule has 0 fully saturated rings. The van der Waals surface area contributed by atoms with Crippen molar-refractivity contribution in [2.75, 3.05) is 5.32 Å². The maximum atomic E-state index is 12.5. The first kappa shape index (κ1) is 21.5. The summed E-state index contributed by atoms with van der Waals surface area (Å²) in [4.78, 5) is 35.7. The number of primary amides is 1. The first-order valence-electron chi connectivity index (χ1n) is 8.36. The van der Waals surface area contributed by atoms with E-state index in [9.17, 15) is 14.4 Å². The van der Waals surface area contributed by atoms with Gasteiger partial charge in [0.25, 0.3) is 0 Å². The number of rotatable bonds is 8. The van der Waals surface area contributed by atoms with Crippen LogP contribution in [0.5, 0.6) is 0 Å². The second-order valence-corrected chi connectivity index (χ2v) is 6.70. The van der Waals surface area contributed by atoms with Crippen LogP contribution in [0, 0.1) is 0 Å². The number of nitrogens with one attached hydrogen (secondary N) is 2. The number of halogens is 2. The van der Waals surface area contributed by atoms with Gasteiger partial charge in [-0.1, -0.05) is 53.5 Å². The van der Waals surface area contributed by atoms with Crippen molar-refractivity contribution in [3.63, 3.8) is 0 Å². The SMILES string of the molecule is NC(=O)CC[C@H](NC(=O)OCc1ccccc1)C(=O)Nc1ccc(Cl)c(Cl)c1. The quantitative estimate of drug-likeness (QED) is 0.603. The van der Waals surface area contributed by atoms with Gasteiger partial charge in [-0.3, -0.25) is 9.59 Å². The first-order chi connectivity index (χ1) is 13.3. The van der Waals surface area contributed by atoms with Gasteiger partial charge in [0, 0.05) is 12.1 Å². The number of hydrogen-bond acceptors (Lipinski definition) is 4. The van der Waals surface area contributed by atoms with Crippen LogP contribution >= 0.6 is 23.2 Å². The molecule has 2 aromatic carbocycles. The molecular weight excluding hydrogens is 405 g/mol. The van der Waals surface area contributed by atoms with Crippen LogP contribution in [0.25, 0.3) is 0 Å². The third kappa shape index (κ3) is 7.09. The fourth-order valence-electron chi connectivity index (χ4n) is 2.27. The van der Waals surface area contributed by atoms with Crippen LogP contribution in [0.3, 0.4) is 0 Å². The van der Waals surface area contributed by atoms with Gasteiger partial charge in [0.15, 0.2) is 0 Å².